The van der Waals surface area contributed by atoms with E-state index in [1.165, 1.54) is 18.0 Å². The third kappa shape index (κ3) is 7.67. The Hall–Kier alpha value is -4.50. The van der Waals surface area contributed by atoms with Gasteiger partial charge in [0.25, 0.3) is 0 Å². The second-order valence-electron chi connectivity index (χ2n) is 10.8. The molecular weight excluding hydrogens is 560 g/mol. The molecule has 4 aromatic rings. The highest BCUT2D eigenvalue weighted by atomic mass is 32.2. The van der Waals surface area contributed by atoms with Crippen molar-refractivity contribution in [3.05, 3.63) is 101 Å². The van der Waals surface area contributed by atoms with Crippen molar-refractivity contribution in [2.45, 2.75) is 50.6 Å². The molecule has 3 N–H and O–H groups in total. The summed E-state index contributed by atoms with van der Waals surface area (Å²) in [4.78, 5) is 20.5. The van der Waals surface area contributed by atoms with Crippen molar-refractivity contribution in [3.8, 4) is 17.2 Å². The molecule has 0 saturated carbocycles. The Bertz CT molecular complexity index is 1740. The van der Waals surface area contributed by atoms with Crippen molar-refractivity contribution in [1.29, 1.82) is 5.26 Å². The number of hydrogen-bond acceptors (Lipinski definition) is 9. The van der Waals surface area contributed by atoms with E-state index in [2.05, 4.69) is 57.2 Å². The van der Waals surface area contributed by atoms with E-state index in [1.807, 2.05) is 24.4 Å². The third-order valence-electron chi connectivity index (χ3n) is 7.73. The summed E-state index contributed by atoms with van der Waals surface area (Å²) in [5, 5.41) is 17.7. The van der Waals surface area contributed by atoms with E-state index in [9.17, 15) is 8.42 Å². The topological polar surface area (TPSA) is 151 Å². The standard InChI is InChI=1S/C32H34N8O2S/c1-22-14-25(4-3-11-33)15-23(2)29(22)16-31-30(26-17-35-21-36-18-26)19-37-32(39-31)38-27-9-12-40(13-10-27)20-24-5-7-28(8-6-24)43(34,41)42/h3-8,14-15,17-19,21,27H,9-10,12-13,16,20H2,1-2H3,(H2,34,41,42)(H,37,38,39)/b4-3+. The summed E-state index contributed by atoms with van der Waals surface area (Å²) in [6.45, 7) is 6.70. The van der Waals surface area contributed by atoms with Crippen molar-refractivity contribution >= 4 is 22.0 Å². The monoisotopic (exact) mass is 594 g/mol. The highest BCUT2D eigenvalue weighted by Gasteiger charge is 2.21. The number of aromatic nitrogens is 4. The maximum atomic E-state index is 11.5. The number of piperidine rings is 1. The molecule has 2 aromatic heterocycles. The molecule has 0 aliphatic carbocycles. The molecule has 220 valence electrons. The maximum absolute atomic E-state index is 11.5. The van der Waals surface area contributed by atoms with Crippen LogP contribution in [0, 0.1) is 25.2 Å². The van der Waals surface area contributed by atoms with Gasteiger partial charge in [0.15, 0.2) is 0 Å². The van der Waals surface area contributed by atoms with Gasteiger partial charge in [0.1, 0.15) is 6.33 Å². The molecule has 0 spiro atoms. The molecule has 1 aliphatic rings. The molecule has 0 atom stereocenters. The number of nitrogens with zero attached hydrogens (tertiary/aromatic N) is 6. The van der Waals surface area contributed by atoms with E-state index in [1.54, 1.807) is 24.5 Å². The molecule has 1 fully saturated rings. The van der Waals surface area contributed by atoms with Gasteiger partial charge >= 0.3 is 0 Å². The van der Waals surface area contributed by atoms with Gasteiger partial charge in [0.2, 0.25) is 16.0 Å². The number of likely N-dealkylation sites (tertiary alicyclic amines) is 1. The molecule has 10 nitrogen and oxygen atoms in total. The average Bonchev–Trinajstić information content (AvgIpc) is 2.99. The van der Waals surface area contributed by atoms with Crippen LogP contribution in [0.15, 0.2) is 72.3 Å². The minimum Gasteiger partial charge on any atom is -0.351 e. The molecule has 5 rings (SSSR count). The van der Waals surface area contributed by atoms with Crippen molar-refractivity contribution in [2.24, 2.45) is 5.14 Å². The second-order valence-corrected chi connectivity index (χ2v) is 12.4. The zero-order chi connectivity index (χ0) is 30.4. The van der Waals surface area contributed by atoms with Crippen LogP contribution in [0.1, 0.15) is 46.4 Å². The van der Waals surface area contributed by atoms with Crippen LogP contribution in [0.4, 0.5) is 5.95 Å². The summed E-state index contributed by atoms with van der Waals surface area (Å²) in [5.41, 5.74) is 8.13. The fourth-order valence-corrected chi connectivity index (χ4v) is 5.98. The first-order valence-corrected chi connectivity index (χ1v) is 15.6. The van der Waals surface area contributed by atoms with Gasteiger partial charge in [-0.1, -0.05) is 24.3 Å². The Morgan fingerprint density at radius 3 is 2.37 bits per heavy atom. The summed E-state index contributed by atoms with van der Waals surface area (Å²) in [6.07, 6.45) is 12.7. The van der Waals surface area contributed by atoms with Gasteiger partial charge in [-0.25, -0.2) is 33.5 Å². The van der Waals surface area contributed by atoms with E-state index in [0.717, 1.165) is 71.6 Å². The molecule has 1 aliphatic heterocycles. The fraction of sp³-hybridized carbons (Fsp3) is 0.281. The van der Waals surface area contributed by atoms with Crippen LogP contribution in [-0.4, -0.2) is 52.4 Å². The van der Waals surface area contributed by atoms with Crippen LogP contribution >= 0.6 is 0 Å². The van der Waals surface area contributed by atoms with Gasteiger partial charge in [-0.3, -0.25) is 4.90 Å². The lowest BCUT2D eigenvalue weighted by Gasteiger charge is -2.32. The van der Waals surface area contributed by atoms with Gasteiger partial charge in [-0.2, -0.15) is 5.26 Å². The highest BCUT2D eigenvalue weighted by Crippen LogP contribution is 2.28. The zero-order valence-electron chi connectivity index (χ0n) is 24.2. The van der Waals surface area contributed by atoms with E-state index < -0.39 is 10.0 Å². The van der Waals surface area contributed by atoms with Crippen LogP contribution < -0.4 is 10.5 Å². The van der Waals surface area contributed by atoms with Crippen LogP contribution in [0.2, 0.25) is 0 Å². The predicted octanol–water partition coefficient (Wildman–Crippen LogP) is 4.40. The average molecular weight is 595 g/mol. The maximum Gasteiger partial charge on any atom is 0.238 e. The number of allylic oxidation sites excluding steroid dienone is 1. The Labute approximate surface area is 252 Å². The molecule has 0 bridgehead atoms. The Morgan fingerprint density at radius 1 is 1.07 bits per heavy atom. The van der Waals surface area contributed by atoms with Crippen LogP contribution in [0.3, 0.4) is 0 Å². The van der Waals surface area contributed by atoms with Gasteiger partial charge in [-0.15, -0.1) is 0 Å². The van der Waals surface area contributed by atoms with E-state index >= 15 is 0 Å². The number of rotatable bonds is 9. The van der Waals surface area contributed by atoms with E-state index in [-0.39, 0.29) is 10.9 Å². The minimum absolute atomic E-state index is 0.124. The van der Waals surface area contributed by atoms with Crippen molar-refractivity contribution in [2.75, 3.05) is 18.4 Å². The molecule has 1 saturated heterocycles. The number of anilines is 1. The molecular formula is C32H34N8O2S. The first-order valence-electron chi connectivity index (χ1n) is 14.1. The Balaban J connectivity index is 1.30. The Morgan fingerprint density at radius 2 is 1.74 bits per heavy atom. The smallest absolute Gasteiger partial charge is 0.238 e. The number of primary sulfonamides is 1. The third-order valence-corrected chi connectivity index (χ3v) is 8.66. The zero-order valence-corrected chi connectivity index (χ0v) is 25.1. The molecule has 43 heavy (non-hydrogen) atoms. The van der Waals surface area contributed by atoms with Crippen LogP contribution in [-0.2, 0) is 23.0 Å². The first-order chi connectivity index (χ1) is 20.7. The summed E-state index contributed by atoms with van der Waals surface area (Å²) >= 11 is 0. The van der Waals surface area contributed by atoms with Gasteiger partial charge in [0, 0.05) is 67.9 Å². The fourth-order valence-electron chi connectivity index (χ4n) is 5.46. The number of sulfonamides is 1. The molecule has 11 heteroatoms. The van der Waals surface area contributed by atoms with Crippen molar-refractivity contribution in [3.63, 3.8) is 0 Å². The molecule has 3 heterocycles. The SMILES string of the molecule is Cc1cc(/C=C/C#N)cc(C)c1Cc1nc(NC2CCN(Cc3ccc(S(N)(=O)=O)cc3)CC2)ncc1-c1cncnc1. The van der Waals surface area contributed by atoms with Gasteiger partial charge < -0.3 is 5.32 Å². The summed E-state index contributed by atoms with van der Waals surface area (Å²) in [6, 6.07) is 13.2. The molecule has 0 unspecified atom stereocenters. The lowest BCUT2D eigenvalue weighted by atomic mass is 9.93. The molecule has 2 aromatic carbocycles. The second kappa shape index (κ2) is 13.2. The number of benzene rings is 2. The summed E-state index contributed by atoms with van der Waals surface area (Å²) < 4.78 is 23.1. The lowest BCUT2D eigenvalue weighted by Crippen LogP contribution is -2.39. The first kappa shape index (κ1) is 30.0. The minimum atomic E-state index is -3.69. The largest absolute Gasteiger partial charge is 0.351 e. The lowest BCUT2D eigenvalue weighted by molar-refractivity contribution is 0.211. The summed E-state index contributed by atoms with van der Waals surface area (Å²) in [7, 11) is -3.69. The number of nitrogens with one attached hydrogen (secondary N) is 1. The summed E-state index contributed by atoms with van der Waals surface area (Å²) in [5.74, 6) is 0.594. The number of nitriles is 1. The number of aryl methyl sites for hydroxylation is 2. The van der Waals surface area contributed by atoms with Gasteiger partial charge in [0.05, 0.1) is 16.7 Å². The predicted molar refractivity (Wildman–Crippen MR) is 166 cm³/mol. The molecule has 0 radical (unpaired) electrons. The van der Waals surface area contributed by atoms with Crippen molar-refractivity contribution < 1.29 is 8.42 Å². The quantitative estimate of drug-likeness (QED) is 0.269. The van der Waals surface area contributed by atoms with Crippen LogP contribution in [0.25, 0.3) is 17.2 Å². The molecule has 0 amide bonds. The van der Waals surface area contributed by atoms with Crippen molar-refractivity contribution in [1.82, 2.24) is 24.8 Å². The van der Waals surface area contributed by atoms with Gasteiger partial charge in [-0.05, 0) is 72.7 Å². The van der Waals surface area contributed by atoms with E-state index in [0.29, 0.717) is 12.4 Å². The number of hydrogen-bond donors (Lipinski definition) is 2. The highest BCUT2D eigenvalue weighted by molar-refractivity contribution is 7.89. The Kier molecular flexibility index (Phi) is 9.21. The normalized spacial score (nSPS) is 14.6. The van der Waals surface area contributed by atoms with Crippen LogP contribution in [0.5, 0.6) is 0 Å². The van der Waals surface area contributed by atoms with E-state index in [4.69, 9.17) is 15.4 Å². The number of nitrogens with two attached hydrogens (primary N) is 1.